The minimum Gasteiger partial charge on any atom is -0.356 e. The summed E-state index contributed by atoms with van der Waals surface area (Å²) in [6.07, 6.45) is 3.96. The molecule has 1 fully saturated rings. The van der Waals surface area contributed by atoms with Crippen LogP contribution in [-0.2, 0) is 12.0 Å². The summed E-state index contributed by atoms with van der Waals surface area (Å²) in [5.74, 6) is 2.06. The van der Waals surface area contributed by atoms with Crippen molar-refractivity contribution in [1.29, 1.82) is 0 Å². The second-order valence-electron chi connectivity index (χ2n) is 7.39. The maximum absolute atomic E-state index is 4.98. The molecular weight excluding hydrogens is 258 g/mol. The largest absolute Gasteiger partial charge is 0.356 e. The number of hydrogen-bond donors (Lipinski definition) is 1. The van der Waals surface area contributed by atoms with Crippen LogP contribution in [0, 0.1) is 5.92 Å². The predicted octanol–water partition coefficient (Wildman–Crippen LogP) is 3.72. The maximum atomic E-state index is 4.98. The van der Waals surface area contributed by atoms with Crippen molar-refractivity contribution < 1.29 is 0 Å². The first-order valence-electron chi connectivity index (χ1n) is 8.35. The summed E-state index contributed by atoms with van der Waals surface area (Å²) in [5.41, 5.74) is 2.63. The van der Waals surface area contributed by atoms with Crippen molar-refractivity contribution in [3.8, 4) is 0 Å². The van der Waals surface area contributed by atoms with Gasteiger partial charge in [0.1, 0.15) is 5.82 Å². The van der Waals surface area contributed by atoms with Crippen molar-refractivity contribution in [3.63, 3.8) is 0 Å². The molecule has 1 saturated carbocycles. The van der Waals surface area contributed by atoms with Gasteiger partial charge in [-0.15, -0.1) is 0 Å². The molecule has 0 amide bonds. The lowest BCUT2D eigenvalue weighted by Gasteiger charge is -2.27. The fourth-order valence-corrected chi connectivity index (χ4v) is 2.60. The van der Waals surface area contributed by atoms with Crippen LogP contribution in [0.15, 0.2) is 12.1 Å². The van der Waals surface area contributed by atoms with E-state index in [1.807, 2.05) is 7.05 Å². The summed E-state index contributed by atoms with van der Waals surface area (Å²) < 4.78 is 0. The molecule has 1 aliphatic rings. The van der Waals surface area contributed by atoms with E-state index < -0.39 is 0 Å². The molecule has 21 heavy (non-hydrogen) atoms. The molecule has 1 N–H and O–H groups in total. The first kappa shape index (κ1) is 16.3. The SMILES string of the molecule is CCCN(CC1CC1)c1cc(CNC)cc(C(C)(C)C)n1. The molecule has 0 saturated heterocycles. The zero-order chi connectivity index (χ0) is 15.5. The smallest absolute Gasteiger partial charge is 0.129 e. The number of pyridine rings is 1. The Morgan fingerprint density at radius 1 is 1.29 bits per heavy atom. The van der Waals surface area contributed by atoms with Gasteiger partial charge in [0.25, 0.3) is 0 Å². The third kappa shape index (κ3) is 4.70. The van der Waals surface area contributed by atoms with Crippen LogP contribution in [0.3, 0.4) is 0 Å². The van der Waals surface area contributed by atoms with Crippen molar-refractivity contribution in [1.82, 2.24) is 10.3 Å². The molecule has 0 spiro atoms. The Hall–Kier alpha value is -1.09. The van der Waals surface area contributed by atoms with E-state index in [2.05, 4.69) is 50.0 Å². The number of anilines is 1. The van der Waals surface area contributed by atoms with Crippen LogP contribution in [0.25, 0.3) is 0 Å². The summed E-state index contributed by atoms with van der Waals surface area (Å²) >= 11 is 0. The number of hydrogen-bond acceptors (Lipinski definition) is 3. The molecule has 118 valence electrons. The number of nitrogens with zero attached hydrogens (tertiary/aromatic N) is 2. The number of nitrogens with one attached hydrogen (secondary N) is 1. The predicted molar refractivity (Wildman–Crippen MR) is 90.9 cm³/mol. The van der Waals surface area contributed by atoms with Gasteiger partial charge in [-0.3, -0.25) is 0 Å². The van der Waals surface area contributed by atoms with E-state index in [-0.39, 0.29) is 5.41 Å². The Balaban J connectivity index is 2.31. The minimum absolute atomic E-state index is 0.0932. The summed E-state index contributed by atoms with van der Waals surface area (Å²) in [6, 6.07) is 4.52. The van der Waals surface area contributed by atoms with E-state index in [4.69, 9.17) is 4.98 Å². The molecule has 0 aromatic carbocycles. The second kappa shape index (κ2) is 6.78. The Kier molecular flexibility index (Phi) is 5.26. The standard InChI is InChI=1S/C18H31N3/c1-6-9-21(13-14-7-8-14)17-11-15(12-19-5)10-16(20-17)18(2,3)4/h10-11,14,19H,6-9,12-13H2,1-5H3. The second-order valence-corrected chi connectivity index (χ2v) is 7.39. The number of aromatic nitrogens is 1. The maximum Gasteiger partial charge on any atom is 0.129 e. The molecule has 0 unspecified atom stereocenters. The van der Waals surface area contributed by atoms with Gasteiger partial charge >= 0.3 is 0 Å². The van der Waals surface area contributed by atoms with Crippen molar-refractivity contribution >= 4 is 5.82 Å². The molecular formula is C18H31N3. The van der Waals surface area contributed by atoms with Crippen molar-refractivity contribution in [3.05, 3.63) is 23.4 Å². The highest BCUT2D eigenvalue weighted by molar-refractivity contribution is 5.44. The number of rotatable bonds is 7. The van der Waals surface area contributed by atoms with E-state index in [9.17, 15) is 0 Å². The normalized spacial score (nSPS) is 15.3. The Morgan fingerprint density at radius 2 is 2.00 bits per heavy atom. The van der Waals surface area contributed by atoms with Gasteiger partial charge in [-0.1, -0.05) is 27.7 Å². The van der Waals surface area contributed by atoms with E-state index >= 15 is 0 Å². The first-order chi connectivity index (χ1) is 9.94. The first-order valence-corrected chi connectivity index (χ1v) is 8.35. The van der Waals surface area contributed by atoms with Gasteiger partial charge in [0, 0.05) is 30.7 Å². The zero-order valence-electron chi connectivity index (χ0n) is 14.4. The van der Waals surface area contributed by atoms with Gasteiger partial charge in [0.15, 0.2) is 0 Å². The fraction of sp³-hybridized carbons (Fsp3) is 0.722. The van der Waals surface area contributed by atoms with Crippen LogP contribution in [-0.4, -0.2) is 25.1 Å². The lowest BCUT2D eigenvalue weighted by Crippen LogP contribution is -2.29. The van der Waals surface area contributed by atoms with Crippen LogP contribution in [0.1, 0.15) is 58.2 Å². The van der Waals surface area contributed by atoms with Crippen LogP contribution in [0.5, 0.6) is 0 Å². The van der Waals surface area contributed by atoms with Crippen LogP contribution < -0.4 is 10.2 Å². The fourth-order valence-electron chi connectivity index (χ4n) is 2.60. The van der Waals surface area contributed by atoms with Gasteiger partial charge in [-0.2, -0.15) is 0 Å². The molecule has 1 heterocycles. The monoisotopic (exact) mass is 289 g/mol. The highest BCUT2D eigenvalue weighted by Gasteiger charge is 2.26. The van der Waals surface area contributed by atoms with E-state index in [0.29, 0.717) is 0 Å². The quantitative estimate of drug-likeness (QED) is 0.829. The van der Waals surface area contributed by atoms with Gasteiger partial charge in [-0.25, -0.2) is 4.98 Å². The average molecular weight is 289 g/mol. The molecule has 1 aromatic heterocycles. The summed E-state index contributed by atoms with van der Waals surface area (Å²) in [7, 11) is 2.00. The molecule has 2 rings (SSSR count). The highest BCUT2D eigenvalue weighted by Crippen LogP contribution is 2.32. The summed E-state index contributed by atoms with van der Waals surface area (Å²) in [4.78, 5) is 7.48. The molecule has 1 aliphatic carbocycles. The lowest BCUT2D eigenvalue weighted by molar-refractivity contribution is 0.564. The summed E-state index contributed by atoms with van der Waals surface area (Å²) in [5, 5.41) is 3.27. The molecule has 0 bridgehead atoms. The highest BCUT2D eigenvalue weighted by atomic mass is 15.2. The van der Waals surface area contributed by atoms with E-state index in [0.717, 1.165) is 19.0 Å². The Morgan fingerprint density at radius 3 is 2.52 bits per heavy atom. The van der Waals surface area contributed by atoms with E-state index in [1.165, 1.54) is 42.9 Å². The molecule has 3 heteroatoms. The van der Waals surface area contributed by atoms with Gasteiger partial charge < -0.3 is 10.2 Å². The molecule has 0 radical (unpaired) electrons. The third-order valence-corrected chi connectivity index (χ3v) is 4.01. The third-order valence-electron chi connectivity index (χ3n) is 4.01. The zero-order valence-corrected chi connectivity index (χ0v) is 14.4. The van der Waals surface area contributed by atoms with Crippen LogP contribution >= 0.6 is 0 Å². The molecule has 1 aromatic rings. The topological polar surface area (TPSA) is 28.2 Å². The van der Waals surface area contributed by atoms with Gasteiger partial charge in [0.2, 0.25) is 0 Å². The molecule has 0 aliphatic heterocycles. The van der Waals surface area contributed by atoms with Gasteiger partial charge in [0.05, 0.1) is 0 Å². The van der Waals surface area contributed by atoms with Gasteiger partial charge in [-0.05, 0) is 49.9 Å². The van der Waals surface area contributed by atoms with Crippen molar-refractivity contribution in [2.24, 2.45) is 5.92 Å². The molecule has 0 atom stereocenters. The summed E-state index contributed by atoms with van der Waals surface area (Å²) in [6.45, 7) is 12.2. The van der Waals surface area contributed by atoms with Crippen molar-refractivity contribution in [2.75, 3.05) is 25.0 Å². The Labute approximate surface area is 130 Å². The lowest BCUT2D eigenvalue weighted by atomic mass is 9.90. The minimum atomic E-state index is 0.0932. The Bertz CT molecular complexity index is 458. The van der Waals surface area contributed by atoms with E-state index in [1.54, 1.807) is 0 Å². The van der Waals surface area contributed by atoms with Crippen LogP contribution in [0.2, 0.25) is 0 Å². The van der Waals surface area contributed by atoms with Crippen LogP contribution in [0.4, 0.5) is 5.82 Å². The average Bonchev–Trinajstić information content (AvgIpc) is 3.21. The van der Waals surface area contributed by atoms with Crippen molar-refractivity contribution in [2.45, 2.75) is 58.9 Å². The molecule has 3 nitrogen and oxygen atoms in total.